The van der Waals surface area contributed by atoms with Crippen LogP contribution in [0.25, 0.3) is 11.1 Å². The number of carboxylic acids is 1. The molecule has 2 aliphatic rings. The molecule has 10 heteroatoms. The maximum Gasteiger partial charge on any atom is 0.573 e. The number of para-hydroxylation sites is 2. The van der Waals surface area contributed by atoms with Crippen molar-refractivity contribution in [1.29, 1.82) is 0 Å². The quantitative estimate of drug-likeness (QED) is 0.317. The van der Waals surface area contributed by atoms with E-state index >= 15 is 0 Å². The second-order valence-electron chi connectivity index (χ2n) is 10.6. The number of rotatable bonds is 6. The molecule has 1 unspecified atom stereocenters. The minimum atomic E-state index is -4.89. The molecule has 1 aliphatic heterocycles. The van der Waals surface area contributed by atoms with E-state index in [0.29, 0.717) is 17.4 Å². The van der Waals surface area contributed by atoms with Gasteiger partial charge >= 0.3 is 18.4 Å². The Morgan fingerprint density at radius 2 is 1.68 bits per heavy atom. The average molecular weight is 569 g/mol. The number of nitrogens with zero attached hydrogens (tertiary/aromatic N) is 1. The number of anilines is 2. The van der Waals surface area contributed by atoms with Crippen LogP contribution in [0.4, 0.5) is 29.3 Å². The number of carboxylic acid groups (broad SMARTS) is 1. The summed E-state index contributed by atoms with van der Waals surface area (Å²) in [5.74, 6) is -0.0593. The standard InChI is InChI=1S/C31H31F3N2O5/c1-19-18-36(30(39)35-25-4-2-3-5-27(25)41-31(32,33)34)26-15-14-24(17-28(26)40-19)23-12-10-22(11-13-23)21-8-6-20(7-9-21)16-29(37)38/h2-5,10-15,17,19-21H,6-9,16,18H2,1H3,(H,35,39)(H,37,38)/t19?,20-,21-. The van der Waals surface area contributed by atoms with Crippen molar-refractivity contribution in [3.63, 3.8) is 0 Å². The van der Waals surface area contributed by atoms with E-state index in [9.17, 15) is 22.8 Å². The molecule has 0 saturated heterocycles. The third kappa shape index (κ3) is 6.93. The Hall–Kier alpha value is -4.21. The van der Waals surface area contributed by atoms with Gasteiger partial charge in [-0.25, -0.2) is 4.79 Å². The number of alkyl halides is 3. The first-order valence-corrected chi connectivity index (χ1v) is 13.6. The number of hydrogen-bond donors (Lipinski definition) is 2. The van der Waals surface area contributed by atoms with Gasteiger partial charge in [0.25, 0.3) is 0 Å². The molecule has 5 rings (SSSR count). The molecule has 2 amide bonds. The SMILES string of the molecule is CC1CN(C(=O)Nc2ccccc2OC(F)(F)F)c2ccc(-c3ccc([C@H]4CC[C@H](CC(=O)O)CC4)cc3)cc2O1. The highest BCUT2D eigenvalue weighted by atomic mass is 19.4. The van der Waals surface area contributed by atoms with Gasteiger partial charge in [0.15, 0.2) is 5.75 Å². The van der Waals surface area contributed by atoms with Gasteiger partial charge < -0.3 is 19.9 Å². The second kappa shape index (κ2) is 11.7. The van der Waals surface area contributed by atoms with Gasteiger partial charge in [-0.05, 0) is 85.4 Å². The van der Waals surface area contributed by atoms with E-state index in [0.717, 1.165) is 42.9 Å². The summed E-state index contributed by atoms with van der Waals surface area (Å²) in [5, 5.41) is 11.6. The van der Waals surface area contributed by atoms with E-state index in [-0.39, 0.29) is 30.7 Å². The number of hydrogen-bond acceptors (Lipinski definition) is 4. The van der Waals surface area contributed by atoms with Crippen LogP contribution in [0.15, 0.2) is 66.7 Å². The summed E-state index contributed by atoms with van der Waals surface area (Å²) in [6, 6.07) is 18.6. The molecule has 216 valence electrons. The molecule has 3 aromatic carbocycles. The van der Waals surface area contributed by atoms with Gasteiger partial charge in [-0.15, -0.1) is 13.2 Å². The summed E-state index contributed by atoms with van der Waals surface area (Å²) in [4.78, 5) is 25.7. The first-order valence-electron chi connectivity index (χ1n) is 13.6. The fourth-order valence-corrected chi connectivity index (χ4v) is 5.67. The van der Waals surface area contributed by atoms with Gasteiger partial charge in [0.2, 0.25) is 0 Å². The summed E-state index contributed by atoms with van der Waals surface area (Å²) in [5.41, 5.74) is 3.53. The van der Waals surface area contributed by atoms with Crippen LogP contribution in [0.5, 0.6) is 11.5 Å². The predicted octanol–water partition coefficient (Wildman–Crippen LogP) is 7.82. The molecule has 0 aromatic heterocycles. The largest absolute Gasteiger partial charge is 0.573 e. The van der Waals surface area contributed by atoms with E-state index in [1.54, 1.807) is 6.07 Å². The molecule has 1 saturated carbocycles. The van der Waals surface area contributed by atoms with Crippen LogP contribution in [0.1, 0.15) is 50.5 Å². The molecular weight excluding hydrogens is 537 g/mol. The zero-order valence-electron chi connectivity index (χ0n) is 22.5. The number of nitrogens with one attached hydrogen (secondary N) is 1. The van der Waals surface area contributed by atoms with Crippen LogP contribution in [0.2, 0.25) is 0 Å². The summed E-state index contributed by atoms with van der Waals surface area (Å²) >= 11 is 0. The third-order valence-corrected chi connectivity index (χ3v) is 7.64. The smallest absolute Gasteiger partial charge is 0.487 e. The van der Waals surface area contributed by atoms with E-state index in [1.807, 2.05) is 19.1 Å². The van der Waals surface area contributed by atoms with Crippen molar-refractivity contribution in [3.8, 4) is 22.6 Å². The number of aliphatic carboxylic acids is 1. The molecular formula is C31H31F3N2O5. The van der Waals surface area contributed by atoms with E-state index < -0.39 is 24.1 Å². The molecule has 7 nitrogen and oxygen atoms in total. The lowest BCUT2D eigenvalue weighted by Crippen LogP contribution is -2.44. The topological polar surface area (TPSA) is 88.1 Å². The second-order valence-corrected chi connectivity index (χ2v) is 10.6. The van der Waals surface area contributed by atoms with Gasteiger partial charge in [-0.3, -0.25) is 9.69 Å². The van der Waals surface area contributed by atoms with Crippen molar-refractivity contribution >= 4 is 23.4 Å². The molecule has 1 heterocycles. The maximum atomic E-state index is 13.2. The molecule has 1 atom stereocenters. The van der Waals surface area contributed by atoms with Crippen LogP contribution >= 0.6 is 0 Å². The third-order valence-electron chi connectivity index (χ3n) is 7.64. The Morgan fingerprint density at radius 1 is 1.00 bits per heavy atom. The Kier molecular flexibility index (Phi) is 8.10. The molecule has 1 fully saturated rings. The first-order chi connectivity index (χ1) is 19.6. The van der Waals surface area contributed by atoms with Crippen molar-refractivity contribution in [2.45, 2.75) is 57.4 Å². The van der Waals surface area contributed by atoms with Crippen LogP contribution in [-0.2, 0) is 4.79 Å². The highest BCUT2D eigenvalue weighted by Crippen LogP contribution is 2.40. The van der Waals surface area contributed by atoms with E-state index in [2.05, 4.69) is 34.3 Å². The van der Waals surface area contributed by atoms with Crippen LogP contribution in [0, 0.1) is 5.92 Å². The lowest BCUT2D eigenvalue weighted by molar-refractivity contribution is -0.274. The minimum Gasteiger partial charge on any atom is -0.487 e. The fourth-order valence-electron chi connectivity index (χ4n) is 5.67. The lowest BCUT2D eigenvalue weighted by Gasteiger charge is -2.34. The minimum absolute atomic E-state index is 0.0948. The Labute approximate surface area is 235 Å². The maximum absolute atomic E-state index is 13.2. The lowest BCUT2D eigenvalue weighted by atomic mass is 9.77. The molecule has 1 aliphatic carbocycles. The Morgan fingerprint density at radius 3 is 2.37 bits per heavy atom. The molecule has 41 heavy (non-hydrogen) atoms. The van der Waals surface area contributed by atoms with Crippen LogP contribution in [-0.4, -0.2) is 36.1 Å². The number of ether oxygens (including phenoxy) is 2. The predicted molar refractivity (Wildman–Crippen MR) is 148 cm³/mol. The number of amides is 2. The molecule has 0 bridgehead atoms. The normalized spacial score (nSPS) is 20.5. The van der Waals surface area contributed by atoms with Crippen LogP contribution in [0.3, 0.4) is 0 Å². The van der Waals surface area contributed by atoms with Crippen molar-refractivity contribution in [2.24, 2.45) is 5.92 Å². The number of carbonyl (C=O) groups excluding carboxylic acids is 1. The molecule has 2 N–H and O–H groups in total. The van der Waals surface area contributed by atoms with Crippen molar-refractivity contribution < 1.29 is 37.3 Å². The molecule has 3 aromatic rings. The van der Waals surface area contributed by atoms with Gasteiger partial charge in [0.1, 0.15) is 11.9 Å². The monoisotopic (exact) mass is 568 g/mol. The highest BCUT2D eigenvalue weighted by molar-refractivity contribution is 6.04. The van der Waals surface area contributed by atoms with Crippen molar-refractivity contribution in [2.75, 3.05) is 16.8 Å². The summed E-state index contributed by atoms with van der Waals surface area (Å²) in [7, 11) is 0. The van der Waals surface area contributed by atoms with E-state index in [4.69, 9.17) is 9.84 Å². The van der Waals surface area contributed by atoms with Gasteiger partial charge in [0.05, 0.1) is 17.9 Å². The first kappa shape index (κ1) is 28.3. The number of benzene rings is 3. The van der Waals surface area contributed by atoms with Crippen LogP contribution < -0.4 is 19.7 Å². The number of halogens is 3. The summed E-state index contributed by atoms with van der Waals surface area (Å²) in [6.07, 6.45) is -1.20. The van der Waals surface area contributed by atoms with Gasteiger partial charge in [-0.2, -0.15) is 0 Å². The molecule has 0 spiro atoms. The van der Waals surface area contributed by atoms with Gasteiger partial charge in [0, 0.05) is 6.42 Å². The number of urea groups is 1. The number of fused-ring (bicyclic) bond motifs is 1. The van der Waals surface area contributed by atoms with Gasteiger partial charge in [-0.1, -0.05) is 42.5 Å². The highest BCUT2D eigenvalue weighted by Gasteiger charge is 2.33. The zero-order valence-corrected chi connectivity index (χ0v) is 22.5. The number of carbonyl (C=O) groups is 2. The average Bonchev–Trinajstić information content (AvgIpc) is 2.93. The van der Waals surface area contributed by atoms with E-state index in [1.165, 1.54) is 28.7 Å². The summed E-state index contributed by atoms with van der Waals surface area (Å²) in [6.45, 7) is 2.03. The Bertz CT molecular complexity index is 1400. The zero-order chi connectivity index (χ0) is 29.1. The Balaban J connectivity index is 1.30. The van der Waals surface area contributed by atoms with Crippen molar-refractivity contribution in [1.82, 2.24) is 0 Å². The fraction of sp³-hybridized carbons (Fsp3) is 0.355. The molecule has 0 radical (unpaired) electrons. The summed E-state index contributed by atoms with van der Waals surface area (Å²) < 4.78 is 48.6. The van der Waals surface area contributed by atoms with Crippen molar-refractivity contribution in [3.05, 3.63) is 72.3 Å².